The van der Waals surface area contributed by atoms with Crippen LogP contribution in [0.1, 0.15) is 39.0 Å². The van der Waals surface area contributed by atoms with E-state index in [1.54, 1.807) is 0 Å². The monoisotopic (exact) mass is 185 g/mol. The van der Waals surface area contributed by atoms with Crippen LogP contribution in [0.4, 0.5) is 0 Å². The lowest BCUT2D eigenvalue weighted by atomic mass is 9.84. The smallest absolute Gasteiger partial charge is 0.116 e. The van der Waals surface area contributed by atoms with Gasteiger partial charge in [-0.05, 0) is 19.8 Å². The second kappa shape index (κ2) is 3.50. The van der Waals surface area contributed by atoms with Crippen molar-refractivity contribution in [3.05, 3.63) is 0 Å². The van der Waals surface area contributed by atoms with Crippen LogP contribution in [0.2, 0.25) is 19.6 Å². The molecule has 0 unspecified atom stereocenters. The molecule has 0 saturated heterocycles. The fraction of sp³-hybridized carbons (Fsp3) is 1.00. The van der Waals surface area contributed by atoms with Crippen molar-refractivity contribution < 1.29 is 0 Å². The summed E-state index contributed by atoms with van der Waals surface area (Å²) in [4.78, 5) is 3.87. The standard InChI is InChI=1S/C10H23NSi/c1-10(11-12(2,3)4)8-6-5-7-9-10/h11H,5-9H2,1-4H3. The van der Waals surface area contributed by atoms with Gasteiger partial charge in [-0.15, -0.1) is 0 Å². The first-order chi connectivity index (χ1) is 5.41. The van der Waals surface area contributed by atoms with Crippen LogP contribution in [-0.4, -0.2) is 13.8 Å². The Hall–Kier alpha value is 0.177. The molecule has 0 aromatic heterocycles. The molecule has 1 aliphatic carbocycles. The molecule has 0 spiro atoms. The molecule has 1 fully saturated rings. The fourth-order valence-corrected chi connectivity index (χ4v) is 4.42. The predicted molar refractivity (Wildman–Crippen MR) is 58.0 cm³/mol. The quantitative estimate of drug-likeness (QED) is 0.652. The lowest BCUT2D eigenvalue weighted by Gasteiger charge is -2.40. The molecule has 1 nitrogen and oxygen atoms in total. The van der Waals surface area contributed by atoms with Crippen molar-refractivity contribution in [1.29, 1.82) is 0 Å². The first-order valence-corrected chi connectivity index (χ1v) is 8.71. The topological polar surface area (TPSA) is 12.0 Å². The van der Waals surface area contributed by atoms with Crippen LogP contribution < -0.4 is 4.98 Å². The zero-order valence-electron chi connectivity index (χ0n) is 9.04. The van der Waals surface area contributed by atoms with Gasteiger partial charge < -0.3 is 4.98 Å². The SMILES string of the molecule is CC1(N[Si](C)(C)C)CCCCC1. The fourth-order valence-electron chi connectivity index (χ4n) is 2.36. The normalized spacial score (nSPS) is 24.0. The van der Waals surface area contributed by atoms with Crippen molar-refractivity contribution in [2.24, 2.45) is 0 Å². The second-order valence-corrected chi connectivity index (χ2v) is 10.2. The lowest BCUT2D eigenvalue weighted by molar-refractivity contribution is 0.292. The maximum atomic E-state index is 3.87. The predicted octanol–water partition coefficient (Wildman–Crippen LogP) is 3.13. The van der Waals surface area contributed by atoms with Gasteiger partial charge in [0.1, 0.15) is 8.24 Å². The molecule has 12 heavy (non-hydrogen) atoms. The summed E-state index contributed by atoms with van der Waals surface area (Å²) in [6.07, 6.45) is 7.07. The molecule has 0 aliphatic heterocycles. The highest BCUT2D eigenvalue weighted by molar-refractivity contribution is 6.73. The van der Waals surface area contributed by atoms with Gasteiger partial charge in [-0.1, -0.05) is 38.9 Å². The van der Waals surface area contributed by atoms with Gasteiger partial charge >= 0.3 is 0 Å². The van der Waals surface area contributed by atoms with Crippen LogP contribution >= 0.6 is 0 Å². The molecule has 0 bridgehead atoms. The Balaban J connectivity index is 2.47. The minimum absolute atomic E-state index is 0.475. The molecule has 1 saturated carbocycles. The maximum absolute atomic E-state index is 3.87. The van der Waals surface area contributed by atoms with Gasteiger partial charge in [-0.3, -0.25) is 0 Å². The number of hydrogen-bond acceptors (Lipinski definition) is 1. The Morgan fingerprint density at radius 1 is 1.00 bits per heavy atom. The summed E-state index contributed by atoms with van der Waals surface area (Å²) in [6, 6.07) is 0. The summed E-state index contributed by atoms with van der Waals surface area (Å²) in [7, 11) is -1.07. The van der Waals surface area contributed by atoms with E-state index in [2.05, 4.69) is 31.5 Å². The van der Waals surface area contributed by atoms with E-state index in [0.29, 0.717) is 5.54 Å². The summed E-state index contributed by atoms with van der Waals surface area (Å²) >= 11 is 0. The van der Waals surface area contributed by atoms with Crippen LogP contribution in [0.5, 0.6) is 0 Å². The molecule has 2 heteroatoms. The zero-order chi connectivity index (χ0) is 9.24. The zero-order valence-corrected chi connectivity index (χ0v) is 10.0. The van der Waals surface area contributed by atoms with E-state index in [9.17, 15) is 0 Å². The van der Waals surface area contributed by atoms with Crippen LogP contribution in [-0.2, 0) is 0 Å². The summed E-state index contributed by atoms with van der Waals surface area (Å²) < 4.78 is 0. The van der Waals surface area contributed by atoms with Crippen LogP contribution in [0.25, 0.3) is 0 Å². The minimum atomic E-state index is -1.07. The molecular weight excluding hydrogens is 162 g/mol. The Morgan fingerprint density at radius 3 is 1.92 bits per heavy atom. The Bertz CT molecular complexity index is 142. The third-order valence-corrected chi connectivity index (χ3v) is 3.99. The average molecular weight is 185 g/mol. The van der Waals surface area contributed by atoms with E-state index >= 15 is 0 Å². The van der Waals surface area contributed by atoms with Gasteiger partial charge in [0.25, 0.3) is 0 Å². The molecular formula is C10H23NSi. The highest BCUT2D eigenvalue weighted by Crippen LogP contribution is 2.28. The molecule has 1 N–H and O–H groups in total. The molecule has 0 aromatic rings. The Morgan fingerprint density at radius 2 is 1.50 bits per heavy atom. The Kier molecular flexibility index (Phi) is 3.00. The first-order valence-electron chi connectivity index (χ1n) is 5.21. The summed E-state index contributed by atoms with van der Waals surface area (Å²) in [6.45, 7) is 9.59. The molecule has 0 atom stereocenters. The molecule has 0 radical (unpaired) electrons. The van der Waals surface area contributed by atoms with Crippen LogP contribution in [0.15, 0.2) is 0 Å². The summed E-state index contributed by atoms with van der Waals surface area (Å²) in [5.41, 5.74) is 0.475. The third kappa shape index (κ3) is 3.28. The van der Waals surface area contributed by atoms with E-state index in [4.69, 9.17) is 0 Å². The van der Waals surface area contributed by atoms with Crippen molar-refractivity contribution >= 4 is 8.24 Å². The largest absolute Gasteiger partial charge is 0.332 e. The third-order valence-electron chi connectivity index (χ3n) is 2.63. The van der Waals surface area contributed by atoms with Gasteiger partial charge in [-0.25, -0.2) is 0 Å². The Labute approximate surface area is 78.0 Å². The number of rotatable bonds is 2. The van der Waals surface area contributed by atoms with Crippen molar-refractivity contribution in [2.75, 3.05) is 0 Å². The number of hydrogen-bond donors (Lipinski definition) is 1. The molecule has 1 aliphatic rings. The highest BCUT2D eigenvalue weighted by Gasteiger charge is 2.30. The second-order valence-electron chi connectivity index (χ2n) is 5.50. The van der Waals surface area contributed by atoms with Crippen molar-refractivity contribution in [3.8, 4) is 0 Å². The van der Waals surface area contributed by atoms with Crippen molar-refractivity contribution in [3.63, 3.8) is 0 Å². The van der Waals surface area contributed by atoms with Gasteiger partial charge in [-0.2, -0.15) is 0 Å². The van der Waals surface area contributed by atoms with E-state index in [1.807, 2.05) is 0 Å². The summed E-state index contributed by atoms with van der Waals surface area (Å²) in [5.74, 6) is 0. The van der Waals surface area contributed by atoms with Gasteiger partial charge in [0.2, 0.25) is 0 Å². The van der Waals surface area contributed by atoms with Gasteiger partial charge in [0, 0.05) is 5.54 Å². The minimum Gasteiger partial charge on any atom is -0.332 e. The van der Waals surface area contributed by atoms with E-state index < -0.39 is 8.24 Å². The first kappa shape index (κ1) is 10.3. The van der Waals surface area contributed by atoms with Crippen molar-refractivity contribution in [2.45, 2.75) is 64.2 Å². The van der Waals surface area contributed by atoms with Gasteiger partial charge in [0.15, 0.2) is 0 Å². The van der Waals surface area contributed by atoms with E-state index in [-0.39, 0.29) is 0 Å². The molecule has 0 aromatic carbocycles. The molecule has 1 rings (SSSR count). The van der Waals surface area contributed by atoms with Crippen molar-refractivity contribution in [1.82, 2.24) is 4.98 Å². The maximum Gasteiger partial charge on any atom is 0.116 e. The average Bonchev–Trinajstić information content (AvgIpc) is 1.83. The molecule has 72 valence electrons. The van der Waals surface area contributed by atoms with Crippen LogP contribution in [0.3, 0.4) is 0 Å². The molecule has 0 amide bonds. The summed E-state index contributed by atoms with van der Waals surface area (Å²) in [5, 5.41) is 0. The van der Waals surface area contributed by atoms with E-state index in [0.717, 1.165) is 0 Å². The molecule has 0 heterocycles. The number of nitrogens with one attached hydrogen (secondary N) is 1. The lowest BCUT2D eigenvalue weighted by Crippen LogP contribution is -2.56. The highest BCUT2D eigenvalue weighted by atomic mass is 28.3. The van der Waals surface area contributed by atoms with Gasteiger partial charge in [0.05, 0.1) is 0 Å². The van der Waals surface area contributed by atoms with Crippen LogP contribution in [0, 0.1) is 0 Å². The van der Waals surface area contributed by atoms with E-state index in [1.165, 1.54) is 32.1 Å².